The molecule has 16 heteroatoms. The Morgan fingerprint density at radius 1 is 0.978 bits per heavy atom. The number of benzene rings is 2. The zero-order chi connectivity index (χ0) is 32.4. The standard InChI is InChI=1S/C29H28F3N7O5S/c1-3-44-24-6-4-5-19(15-24)21-17-33-39(18-21)23-14-20(13-22(16-23)29(30,31)32)28(41)38-11-9-37(10-12-38)26-8-7-25(34-35-26)27(40)36-45(2,42)43/h4-8,13-18H,3,9-12H2,1-2H3,(H,36,40). The van der Waals surface area contributed by atoms with E-state index in [4.69, 9.17) is 4.74 Å². The average molecular weight is 644 g/mol. The second-order valence-corrected chi connectivity index (χ2v) is 11.9. The number of rotatable bonds is 8. The van der Waals surface area contributed by atoms with E-state index in [1.807, 2.05) is 13.0 Å². The predicted molar refractivity (Wildman–Crippen MR) is 158 cm³/mol. The fraction of sp³-hybridized carbons (Fsp3) is 0.276. The van der Waals surface area contributed by atoms with E-state index in [1.165, 1.54) is 34.0 Å². The number of sulfonamides is 1. The minimum atomic E-state index is -4.70. The van der Waals surface area contributed by atoms with Crippen molar-refractivity contribution in [3.8, 4) is 22.6 Å². The molecule has 3 heterocycles. The molecule has 2 aromatic carbocycles. The van der Waals surface area contributed by atoms with E-state index >= 15 is 0 Å². The topological polar surface area (TPSA) is 140 Å². The quantitative estimate of drug-likeness (QED) is 0.306. The van der Waals surface area contributed by atoms with Crippen molar-refractivity contribution in [2.45, 2.75) is 13.1 Å². The van der Waals surface area contributed by atoms with Gasteiger partial charge in [-0.2, -0.15) is 18.3 Å². The number of hydrogen-bond acceptors (Lipinski definition) is 9. The summed E-state index contributed by atoms with van der Waals surface area (Å²) in [6, 6.07) is 13.2. The maximum atomic E-state index is 13.9. The van der Waals surface area contributed by atoms with Crippen molar-refractivity contribution in [1.82, 2.24) is 29.6 Å². The number of amides is 2. The minimum absolute atomic E-state index is 0.0781. The van der Waals surface area contributed by atoms with Crippen LogP contribution in [0.5, 0.6) is 5.75 Å². The number of halogens is 3. The van der Waals surface area contributed by atoms with E-state index in [9.17, 15) is 31.2 Å². The van der Waals surface area contributed by atoms with Crippen molar-refractivity contribution in [3.05, 3.63) is 83.8 Å². The first-order chi connectivity index (χ1) is 21.3. The zero-order valence-electron chi connectivity index (χ0n) is 24.2. The Balaban J connectivity index is 1.32. The molecular formula is C29H28F3N7O5S. The Morgan fingerprint density at radius 2 is 1.73 bits per heavy atom. The molecule has 1 saturated heterocycles. The molecule has 0 saturated carbocycles. The molecule has 0 unspecified atom stereocenters. The third kappa shape index (κ3) is 7.57. The number of nitrogens with zero attached hydrogens (tertiary/aromatic N) is 6. The van der Waals surface area contributed by atoms with Gasteiger partial charge >= 0.3 is 6.18 Å². The molecule has 0 aliphatic carbocycles. The maximum Gasteiger partial charge on any atom is 0.416 e. The smallest absolute Gasteiger partial charge is 0.416 e. The van der Waals surface area contributed by atoms with Crippen LogP contribution < -0.4 is 14.4 Å². The third-order valence-electron chi connectivity index (χ3n) is 6.87. The first-order valence-electron chi connectivity index (χ1n) is 13.7. The summed E-state index contributed by atoms with van der Waals surface area (Å²) in [6.07, 6.45) is -0.746. The number of aromatic nitrogens is 4. The molecule has 12 nitrogen and oxygen atoms in total. The molecule has 45 heavy (non-hydrogen) atoms. The van der Waals surface area contributed by atoms with Crippen molar-refractivity contribution >= 4 is 27.7 Å². The monoisotopic (exact) mass is 643 g/mol. The van der Waals surface area contributed by atoms with E-state index in [1.54, 1.807) is 34.0 Å². The molecule has 0 atom stereocenters. The molecule has 1 N–H and O–H groups in total. The molecule has 0 radical (unpaired) electrons. The molecule has 1 aliphatic heterocycles. The van der Waals surface area contributed by atoms with Gasteiger partial charge in [0.05, 0.1) is 30.3 Å². The second kappa shape index (κ2) is 12.6. The van der Waals surface area contributed by atoms with Crippen molar-refractivity contribution in [2.75, 3.05) is 43.9 Å². The van der Waals surface area contributed by atoms with Crippen LogP contribution in [0.3, 0.4) is 0 Å². The van der Waals surface area contributed by atoms with Crippen LogP contribution in [0.25, 0.3) is 16.8 Å². The Hall–Kier alpha value is -4.99. The van der Waals surface area contributed by atoms with Crippen LogP contribution >= 0.6 is 0 Å². The summed E-state index contributed by atoms with van der Waals surface area (Å²) in [6.45, 7) is 3.30. The molecule has 236 valence electrons. The van der Waals surface area contributed by atoms with Gasteiger partial charge in [0, 0.05) is 43.5 Å². The van der Waals surface area contributed by atoms with Gasteiger partial charge in [-0.3, -0.25) is 9.59 Å². The fourth-order valence-corrected chi connectivity index (χ4v) is 5.17. The lowest BCUT2D eigenvalue weighted by Gasteiger charge is -2.35. The van der Waals surface area contributed by atoms with Gasteiger partial charge in [0.25, 0.3) is 11.8 Å². The SMILES string of the molecule is CCOc1cccc(-c2cnn(-c3cc(C(=O)N4CCN(c5ccc(C(=O)NS(C)(=O)=O)nn5)CC4)cc(C(F)(F)F)c3)c2)c1. The lowest BCUT2D eigenvalue weighted by molar-refractivity contribution is -0.137. The van der Waals surface area contributed by atoms with Crippen LogP contribution in [0.15, 0.2) is 67.0 Å². The lowest BCUT2D eigenvalue weighted by atomic mass is 10.1. The Morgan fingerprint density at radius 3 is 2.38 bits per heavy atom. The van der Waals surface area contributed by atoms with Crippen LogP contribution in [-0.4, -0.2) is 84.2 Å². The maximum absolute atomic E-state index is 13.9. The van der Waals surface area contributed by atoms with Gasteiger partial charge in [-0.05, 0) is 55.0 Å². The van der Waals surface area contributed by atoms with Crippen LogP contribution in [0.4, 0.5) is 19.0 Å². The lowest BCUT2D eigenvalue weighted by Crippen LogP contribution is -2.49. The summed E-state index contributed by atoms with van der Waals surface area (Å²) in [4.78, 5) is 28.6. The number of anilines is 1. The van der Waals surface area contributed by atoms with Gasteiger partial charge in [0.15, 0.2) is 11.5 Å². The van der Waals surface area contributed by atoms with Crippen LogP contribution in [0.2, 0.25) is 0 Å². The van der Waals surface area contributed by atoms with Crippen molar-refractivity contribution < 1.29 is 35.9 Å². The average Bonchev–Trinajstić information content (AvgIpc) is 3.51. The number of nitrogens with one attached hydrogen (secondary N) is 1. The number of carbonyl (C=O) groups excluding carboxylic acids is 2. The molecule has 2 amide bonds. The normalized spacial score (nSPS) is 13.9. The fourth-order valence-electron chi connectivity index (χ4n) is 4.73. The Kier molecular flexibility index (Phi) is 8.77. The number of piperazine rings is 1. The summed E-state index contributed by atoms with van der Waals surface area (Å²) >= 11 is 0. The van der Waals surface area contributed by atoms with Crippen LogP contribution in [-0.2, 0) is 16.2 Å². The summed E-state index contributed by atoms with van der Waals surface area (Å²) in [5, 5.41) is 12.0. The first-order valence-corrected chi connectivity index (χ1v) is 15.6. The van der Waals surface area contributed by atoms with Crippen LogP contribution in [0, 0.1) is 0 Å². The Labute approximate surface area is 256 Å². The van der Waals surface area contributed by atoms with E-state index in [-0.39, 0.29) is 30.0 Å². The molecule has 2 aromatic heterocycles. The van der Waals surface area contributed by atoms with Gasteiger partial charge in [0.2, 0.25) is 10.0 Å². The Bertz CT molecular complexity index is 1820. The van der Waals surface area contributed by atoms with Gasteiger partial charge in [-0.1, -0.05) is 12.1 Å². The first kappa shape index (κ1) is 31.4. The van der Waals surface area contributed by atoms with Gasteiger partial charge in [-0.15, -0.1) is 10.2 Å². The van der Waals surface area contributed by atoms with E-state index < -0.39 is 33.6 Å². The van der Waals surface area contributed by atoms with E-state index in [0.717, 1.165) is 24.0 Å². The predicted octanol–water partition coefficient (Wildman–Crippen LogP) is 3.40. The molecular weight excluding hydrogens is 615 g/mol. The molecule has 1 aliphatic rings. The minimum Gasteiger partial charge on any atom is -0.494 e. The highest BCUT2D eigenvalue weighted by atomic mass is 32.2. The molecule has 5 rings (SSSR count). The third-order valence-corrected chi connectivity index (χ3v) is 7.43. The highest BCUT2D eigenvalue weighted by molar-refractivity contribution is 7.89. The summed E-state index contributed by atoms with van der Waals surface area (Å²) in [5.74, 6) is -0.455. The van der Waals surface area contributed by atoms with Crippen LogP contribution in [0.1, 0.15) is 33.3 Å². The van der Waals surface area contributed by atoms with E-state index in [0.29, 0.717) is 36.8 Å². The molecule has 0 bridgehead atoms. The van der Waals surface area contributed by atoms with Gasteiger partial charge < -0.3 is 14.5 Å². The summed E-state index contributed by atoms with van der Waals surface area (Å²) in [7, 11) is -3.77. The largest absolute Gasteiger partial charge is 0.494 e. The molecule has 0 spiro atoms. The molecule has 1 fully saturated rings. The zero-order valence-corrected chi connectivity index (χ0v) is 25.0. The van der Waals surface area contributed by atoms with Gasteiger partial charge in [0.1, 0.15) is 5.75 Å². The second-order valence-electron chi connectivity index (χ2n) is 10.2. The number of alkyl halides is 3. The number of carbonyl (C=O) groups is 2. The van der Waals surface area contributed by atoms with E-state index in [2.05, 4.69) is 15.3 Å². The number of hydrogen-bond donors (Lipinski definition) is 1. The highest BCUT2D eigenvalue weighted by Gasteiger charge is 2.33. The van der Waals surface area contributed by atoms with Crippen molar-refractivity contribution in [1.29, 1.82) is 0 Å². The highest BCUT2D eigenvalue weighted by Crippen LogP contribution is 2.33. The summed E-state index contributed by atoms with van der Waals surface area (Å²) < 4.78 is 72.9. The molecule has 4 aromatic rings. The van der Waals surface area contributed by atoms with Crippen molar-refractivity contribution in [3.63, 3.8) is 0 Å². The number of ether oxygens (including phenoxy) is 1. The summed E-state index contributed by atoms with van der Waals surface area (Å²) in [5.41, 5.74) is 0.197. The van der Waals surface area contributed by atoms with Gasteiger partial charge in [-0.25, -0.2) is 17.8 Å². The van der Waals surface area contributed by atoms with Crippen molar-refractivity contribution in [2.24, 2.45) is 0 Å².